The van der Waals surface area contributed by atoms with Crippen LogP contribution >= 0.6 is 0 Å². The van der Waals surface area contributed by atoms with E-state index in [0.717, 1.165) is 22.0 Å². The lowest BCUT2D eigenvalue weighted by molar-refractivity contribution is 0.0693. The summed E-state index contributed by atoms with van der Waals surface area (Å²) < 4.78 is 15.7. The van der Waals surface area contributed by atoms with Crippen LogP contribution < -0.4 is 14.2 Å². The largest absolute Gasteiger partial charge is 0.496 e. The van der Waals surface area contributed by atoms with Crippen molar-refractivity contribution in [3.63, 3.8) is 0 Å². The molecule has 1 N–H and O–H groups in total. The zero-order valence-electron chi connectivity index (χ0n) is 14.1. The van der Waals surface area contributed by atoms with E-state index in [2.05, 4.69) is 4.98 Å². The lowest BCUT2D eigenvalue weighted by atomic mass is 10.0. The van der Waals surface area contributed by atoms with Gasteiger partial charge in [0.2, 0.25) is 0 Å². The van der Waals surface area contributed by atoms with Crippen molar-refractivity contribution in [2.45, 2.75) is 0 Å². The summed E-state index contributed by atoms with van der Waals surface area (Å²) in [7, 11) is 4.59. The number of pyridine rings is 1. The molecular weight excluding hydrogens is 322 g/mol. The summed E-state index contributed by atoms with van der Waals surface area (Å²) in [6.07, 6.45) is 1.70. The van der Waals surface area contributed by atoms with Crippen molar-refractivity contribution in [3.05, 3.63) is 48.2 Å². The van der Waals surface area contributed by atoms with E-state index in [1.54, 1.807) is 44.7 Å². The van der Waals surface area contributed by atoms with Gasteiger partial charge in [0.1, 0.15) is 11.3 Å². The number of rotatable bonds is 5. The van der Waals surface area contributed by atoms with E-state index in [9.17, 15) is 9.90 Å². The van der Waals surface area contributed by atoms with Crippen molar-refractivity contribution in [2.24, 2.45) is 0 Å². The molecule has 0 aliphatic carbocycles. The average molecular weight is 339 g/mol. The molecule has 0 aliphatic rings. The van der Waals surface area contributed by atoms with Crippen LogP contribution in [0.3, 0.4) is 0 Å². The summed E-state index contributed by atoms with van der Waals surface area (Å²) in [4.78, 5) is 15.8. The monoisotopic (exact) mass is 339 g/mol. The first-order valence-electron chi connectivity index (χ1n) is 7.51. The molecule has 0 unspecified atom stereocenters. The van der Waals surface area contributed by atoms with Gasteiger partial charge in [0.25, 0.3) is 0 Å². The Bertz CT molecular complexity index is 952. The fraction of sp³-hybridized carbons (Fsp3) is 0.158. The van der Waals surface area contributed by atoms with Crippen LogP contribution in [-0.4, -0.2) is 37.4 Å². The number of hydrogen-bond acceptors (Lipinski definition) is 5. The fourth-order valence-corrected chi connectivity index (χ4v) is 2.67. The maximum absolute atomic E-state index is 11.4. The van der Waals surface area contributed by atoms with E-state index in [-0.39, 0.29) is 5.56 Å². The molecule has 0 saturated heterocycles. The van der Waals surface area contributed by atoms with Crippen molar-refractivity contribution in [2.75, 3.05) is 21.3 Å². The Hall–Kier alpha value is -3.28. The molecule has 25 heavy (non-hydrogen) atoms. The van der Waals surface area contributed by atoms with Gasteiger partial charge >= 0.3 is 5.97 Å². The lowest BCUT2D eigenvalue weighted by Crippen LogP contribution is -2.00. The smallest absolute Gasteiger partial charge is 0.339 e. The number of aromatic carboxylic acids is 1. The molecule has 1 aromatic heterocycles. The molecule has 0 amide bonds. The third-order valence-electron chi connectivity index (χ3n) is 3.95. The Morgan fingerprint density at radius 2 is 1.56 bits per heavy atom. The fourth-order valence-electron chi connectivity index (χ4n) is 2.67. The minimum absolute atomic E-state index is 0.104. The Labute approximate surface area is 144 Å². The summed E-state index contributed by atoms with van der Waals surface area (Å²) in [5.74, 6) is 0.484. The molecule has 0 bridgehead atoms. The van der Waals surface area contributed by atoms with E-state index in [1.807, 2.05) is 12.1 Å². The van der Waals surface area contributed by atoms with Crippen LogP contribution in [0.5, 0.6) is 17.2 Å². The number of carboxylic acids is 1. The number of nitrogens with zero attached hydrogens (tertiary/aromatic N) is 1. The molecule has 0 aliphatic heterocycles. The van der Waals surface area contributed by atoms with Gasteiger partial charge in [-0.05, 0) is 29.8 Å². The minimum atomic E-state index is -1.04. The molecule has 0 atom stereocenters. The molecule has 6 heteroatoms. The van der Waals surface area contributed by atoms with Gasteiger partial charge in [-0.3, -0.25) is 4.98 Å². The Morgan fingerprint density at radius 1 is 0.880 bits per heavy atom. The summed E-state index contributed by atoms with van der Waals surface area (Å²) in [6, 6.07) is 10.6. The summed E-state index contributed by atoms with van der Waals surface area (Å²) in [5, 5.41) is 10.2. The molecule has 1 heterocycles. The molecule has 3 aromatic rings. The molecule has 0 saturated carbocycles. The molecule has 128 valence electrons. The second kappa shape index (κ2) is 6.68. The molecular formula is C19H17NO5. The highest BCUT2D eigenvalue weighted by atomic mass is 16.5. The third-order valence-corrected chi connectivity index (χ3v) is 3.95. The van der Waals surface area contributed by atoms with Crippen LogP contribution in [0.2, 0.25) is 0 Å². The Balaban J connectivity index is 2.13. The van der Waals surface area contributed by atoms with Crippen molar-refractivity contribution in [1.82, 2.24) is 4.98 Å². The Kier molecular flexibility index (Phi) is 4.43. The molecule has 0 radical (unpaired) electrons. The third kappa shape index (κ3) is 3.06. The van der Waals surface area contributed by atoms with Gasteiger partial charge in [0, 0.05) is 23.2 Å². The van der Waals surface area contributed by atoms with Gasteiger partial charge in [-0.25, -0.2) is 4.79 Å². The van der Waals surface area contributed by atoms with Crippen LogP contribution in [0.25, 0.3) is 22.0 Å². The number of hydrogen-bond donors (Lipinski definition) is 1. The Morgan fingerprint density at radius 3 is 2.20 bits per heavy atom. The van der Waals surface area contributed by atoms with E-state index >= 15 is 0 Å². The lowest BCUT2D eigenvalue weighted by Gasteiger charge is -2.11. The van der Waals surface area contributed by atoms with E-state index in [1.165, 1.54) is 7.11 Å². The second-order valence-corrected chi connectivity index (χ2v) is 5.34. The van der Waals surface area contributed by atoms with Crippen LogP contribution in [0.4, 0.5) is 0 Å². The summed E-state index contributed by atoms with van der Waals surface area (Å²) >= 11 is 0. The summed E-state index contributed by atoms with van der Waals surface area (Å²) in [5.41, 5.74) is 2.40. The molecule has 0 fully saturated rings. The zero-order valence-corrected chi connectivity index (χ0v) is 14.1. The zero-order chi connectivity index (χ0) is 18.0. The van der Waals surface area contributed by atoms with E-state index < -0.39 is 5.97 Å². The number of carboxylic acid groups (broad SMARTS) is 1. The molecule has 3 rings (SSSR count). The van der Waals surface area contributed by atoms with Crippen LogP contribution in [0.1, 0.15) is 10.4 Å². The normalized spacial score (nSPS) is 10.5. The van der Waals surface area contributed by atoms with E-state index in [4.69, 9.17) is 14.2 Å². The predicted octanol–water partition coefficient (Wildman–Crippen LogP) is 3.63. The van der Waals surface area contributed by atoms with Crippen molar-refractivity contribution < 1.29 is 24.1 Å². The predicted molar refractivity (Wildman–Crippen MR) is 93.8 cm³/mol. The highest BCUT2D eigenvalue weighted by Gasteiger charge is 2.13. The molecule has 6 nitrogen and oxygen atoms in total. The van der Waals surface area contributed by atoms with Crippen molar-refractivity contribution in [3.8, 4) is 28.4 Å². The molecule has 2 aromatic carbocycles. The van der Waals surface area contributed by atoms with Gasteiger partial charge < -0.3 is 19.3 Å². The highest BCUT2D eigenvalue weighted by molar-refractivity contribution is 5.93. The number of benzene rings is 2. The van der Waals surface area contributed by atoms with Gasteiger partial charge in [0.15, 0.2) is 11.5 Å². The van der Waals surface area contributed by atoms with Gasteiger partial charge in [0.05, 0.1) is 26.8 Å². The van der Waals surface area contributed by atoms with Crippen molar-refractivity contribution in [1.29, 1.82) is 0 Å². The second-order valence-electron chi connectivity index (χ2n) is 5.34. The maximum atomic E-state index is 11.4. The first-order valence-corrected chi connectivity index (χ1v) is 7.51. The highest BCUT2D eigenvalue weighted by Crippen LogP contribution is 2.34. The number of ether oxygens (including phenoxy) is 3. The molecule has 0 spiro atoms. The average Bonchev–Trinajstić information content (AvgIpc) is 2.65. The number of fused-ring (bicyclic) bond motifs is 1. The quantitative estimate of drug-likeness (QED) is 0.765. The standard InChI is InChI=1S/C19H17NO5/c1-23-16-5-4-11(7-14(16)19(21)22)13-6-12-8-17(24-2)18(25-3)9-15(12)20-10-13/h4-10H,1-3H3,(H,21,22). The van der Waals surface area contributed by atoms with E-state index in [0.29, 0.717) is 17.2 Å². The van der Waals surface area contributed by atoms with Crippen LogP contribution in [0, 0.1) is 0 Å². The number of methoxy groups -OCH3 is 3. The first kappa shape index (κ1) is 16.6. The van der Waals surface area contributed by atoms with Crippen molar-refractivity contribution >= 4 is 16.9 Å². The van der Waals surface area contributed by atoms with Gasteiger partial charge in [-0.1, -0.05) is 6.07 Å². The minimum Gasteiger partial charge on any atom is -0.496 e. The SMILES string of the molecule is COc1cc2cc(-c3ccc(OC)c(C(=O)O)c3)cnc2cc1OC. The first-order chi connectivity index (χ1) is 12.1. The number of carbonyl (C=O) groups is 1. The number of aromatic nitrogens is 1. The van der Waals surface area contributed by atoms with Gasteiger partial charge in [-0.2, -0.15) is 0 Å². The van der Waals surface area contributed by atoms with Crippen LogP contribution in [-0.2, 0) is 0 Å². The maximum Gasteiger partial charge on any atom is 0.339 e. The van der Waals surface area contributed by atoms with Crippen LogP contribution in [0.15, 0.2) is 42.6 Å². The topological polar surface area (TPSA) is 77.9 Å². The summed E-state index contributed by atoms with van der Waals surface area (Å²) in [6.45, 7) is 0. The van der Waals surface area contributed by atoms with Gasteiger partial charge in [-0.15, -0.1) is 0 Å².